The Morgan fingerprint density at radius 1 is 1.20 bits per heavy atom. The molecular weight excluding hydrogens is 356 g/mol. The van der Waals surface area contributed by atoms with Crippen molar-refractivity contribution in [3.8, 4) is 5.75 Å². The van der Waals surface area contributed by atoms with Crippen LogP contribution in [0, 0.1) is 13.8 Å². The number of nitrogens with one attached hydrogen (secondary N) is 1. The number of benzene rings is 2. The van der Waals surface area contributed by atoms with Gasteiger partial charge in [-0.25, -0.2) is 4.98 Å². The maximum absolute atomic E-state index is 12.3. The summed E-state index contributed by atoms with van der Waals surface area (Å²) in [7, 11) is 0. The first-order valence-corrected chi connectivity index (χ1v) is 8.98. The lowest BCUT2D eigenvalue weighted by Gasteiger charge is -2.09. The molecule has 0 radical (unpaired) electrons. The Morgan fingerprint density at radius 2 is 1.96 bits per heavy atom. The van der Waals surface area contributed by atoms with Crippen LogP contribution in [-0.2, 0) is 6.61 Å². The Morgan fingerprint density at radius 3 is 2.60 bits per heavy atom. The Kier molecular flexibility index (Phi) is 5.36. The zero-order valence-electron chi connectivity index (χ0n) is 13.9. The Labute approximate surface area is 155 Å². The van der Waals surface area contributed by atoms with Gasteiger partial charge >= 0.3 is 0 Å². The molecule has 3 aromatic rings. The van der Waals surface area contributed by atoms with Gasteiger partial charge in [-0.2, -0.15) is 0 Å². The lowest BCUT2D eigenvalue weighted by atomic mass is 10.2. The van der Waals surface area contributed by atoms with Crippen molar-refractivity contribution >= 4 is 34.5 Å². The molecular formula is C19H17ClN2O2S. The molecule has 25 heavy (non-hydrogen) atoms. The Hall–Kier alpha value is -2.37. The number of aryl methyl sites for hydroxylation is 2. The van der Waals surface area contributed by atoms with Crippen LogP contribution in [0.25, 0.3) is 0 Å². The molecule has 2 aromatic carbocycles. The third-order valence-electron chi connectivity index (χ3n) is 3.54. The summed E-state index contributed by atoms with van der Waals surface area (Å²) in [5, 5.41) is 6.32. The van der Waals surface area contributed by atoms with E-state index < -0.39 is 0 Å². The molecule has 0 aliphatic heterocycles. The van der Waals surface area contributed by atoms with Gasteiger partial charge in [-0.05, 0) is 55.8 Å². The summed E-state index contributed by atoms with van der Waals surface area (Å²) in [5.41, 5.74) is 3.07. The van der Waals surface area contributed by atoms with Crippen LogP contribution < -0.4 is 10.1 Å². The molecule has 0 fully saturated rings. The maximum atomic E-state index is 12.3. The van der Waals surface area contributed by atoms with E-state index in [0.717, 1.165) is 16.3 Å². The van der Waals surface area contributed by atoms with E-state index >= 15 is 0 Å². The van der Waals surface area contributed by atoms with E-state index in [0.29, 0.717) is 28.6 Å². The number of aromatic nitrogens is 1. The monoisotopic (exact) mass is 372 g/mol. The minimum Gasteiger partial charge on any atom is -0.487 e. The van der Waals surface area contributed by atoms with Crippen LogP contribution in [0.4, 0.5) is 5.69 Å². The quantitative estimate of drug-likeness (QED) is 0.665. The molecule has 0 aliphatic rings. The first-order chi connectivity index (χ1) is 12.0. The second-order valence-corrected chi connectivity index (χ2v) is 7.08. The van der Waals surface area contributed by atoms with Gasteiger partial charge in [0.15, 0.2) is 0 Å². The highest BCUT2D eigenvalue weighted by Crippen LogP contribution is 2.23. The number of nitrogens with zero attached hydrogens (tertiary/aromatic N) is 1. The van der Waals surface area contributed by atoms with Gasteiger partial charge in [0, 0.05) is 10.9 Å². The first-order valence-electron chi connectivity index (χ1n) is 7.72. The Balaban J connectivity index is 1.62. The molecule has 0 bridgehead atoms. The smallest absolute Gasteiger partial charge is 0.255 e. The average molecular weight is 373 g/mol. The van der Waals surface area contributed by atoms with Gasteiger partial charge in [0.1, 0.15) is 12.4 Å². The van der Waals surface area contributed by atoms with Crippen LogP contribution >= 0.6 is 22.9 Å². The number of anilines is 1. The fourth-order valence-electron chi connectivity index (χ4n) is 2.25. The highest BCUT2D eigenvalue weighted by molar-refractivity contribution is 7.09. The molecule has 6 heteroatoms. The molecule has 0 saturated heterocycles. The number of hydrogen-bond donors (Lipinski definition) is 1. The molecule has 0 unspecified atom stereocenters. The van der Waals surface area contributed by atoms with Gasteiger partial charge in [0.2, 0.25) is 0 Å². The van der Waals surface area contributed by atoms with Gasteiger partial charge in [-0.1, -0.05) is 17.7 Å². The number of carbonyl (C=O) groups is 1. The summed E-state index contributed by atoms with van der Waals surface area (Å²) in [5.74, 6) is 0.475. The minimum atomic E-state index is -0.215. The first kappa shape index (κ1) is 17.5. The number of carbonyl (C=O) groups excluding carboxylic acids is 1. The molecule has 3 rings (SSSR count). The third kappa shape index (κ3) is 4.59. The second-order valence-electron chi connectivity index (χ2n) is 5.61. The average Bonchev–Trinajstić information content (AvgIpc) is 3.01. The number of thiazole rings is 1. The molecule has 1 N–H and O–H groups in total. The zero-order valence-corrected chi connectivity index (χ0v) is 15.4. The van der Waals surface area contributed by atoms with Crippen molar-refractivity contribution in [1.29, 1.82) is 0 Å². The van der Waals surface area contributed by atoms with Crippen molar-refractivity contribution in [3.63, 3.8) is 0 Å². The Bertz CT molecular complexity index is 891. The van der Waals surface area contributed by atoms with E-state index in [1.807, 2.05) is 31.4 Å². The third-order valence-corrected chi connectivity index (χ3v) is 4.68. The van der Waals surface area contributed by atoms with Crippen molar-refractivity contribution in [3.05, 3.63) is 74.7 Å². The van der Waals surface area contributed by atoms with Gasteiger partial charge in [-0.3, -0.25) is 4.79 Å². The largest absolute Gasteiger partial charge is 0.487 e. The summed E-state index contributed by atoms with van der Waals surface area (Å²) >= 11 is 7.74. The van der Waals surface area contributed by atoms with Crippen molar-refractivity contribution < 1.29 is 9.53 Å². The predicted molar refractivity (Wildman–Crippen MR) is 102 cm³/mol. The molecule has 0 aliphatic carbocycles. The molecule has 1 aromatic heterocycles. The zero-order chi connectivity index (χ0) is 17.8. The summed E-state index contributed by atoms with van der Waals surface area (Å²) < 4.78 is 5.68. The van der Waals surface area contributed by atoms with Gasteiger partial charge < -0.3 is 10.1 Å². The van der Waals surface area contributed by atoms with E-state index in [-0.39, 0.29) is 5.91 Å². The molecule has 1 heterocycles. The van der Waals surface area contributed by atoms with Crippen LogP contribution in [0.2, 0.25) is 5.02 Å². The highest BCUT2D eigenvalue weighted by Gasteiger charge is 2.09. The normalized spacial score (nSPS) is 10.5. The summed E-state index contributed by atoms with van der Waals surface area (Å²) in [6.45, 7) is 4.32. The molecule has 4 nitrogen and oxygen atoms in total. The van der Waals surface area contributed by atoms with E-state index in [1.165, 1.54) is 0 Å². The summed E-state index contributed by atoms with van der Waals surface area (Å²) in [6, 6.07) is 12.5. The summed E-state index contributed by atoms with van der Waals surface area (Å²) in [6.07, 6.45) is 0. The van der Waals surface area contributed by atoms with Gasteiger partial charge in [0.25, 0.3) is 5.91 Å². The van der Waals surface area contributed by atoms with Crippen LogP contribution in [0.5, 0.6) is 5.75 Å². The molecule has 0 spiro atoms. The van der Waals surface area contributed by atoms with Crippen LogP contribution in [0.3, 0.4) is 0 Å². The van der Waals surface area contributed by atoms with Crippen LogP contribution in [0.15, 0.2) is 47.8 Å². The SMILES string of the molecule is Cc1ccc(NC(=O)c2ccc(OCc3csc(C)n3)cc2)c(Cl)c1. The fourth-order valence-corrected chi connectivity index (χ4v) is 3.13. The minimum absolute atomic E-state index is 0.215. The standard InChI is InChI=1S/C19H17ClN2O2S/c1-12-3-8-18(17(20)9-12)22-19(23)14-4-6-16(7-5-14)24-10-15-11-25-13(2)21-15/h3-9,11H,10H2,1-2H3,(H,22,23). The lowest BCUT2D eigenvalue weighted by Crippen LogP contribution is -2.12. The van der Waals surface area contributed by atoms with E-state index in [9.17, 15) is 4.79 Å². The second kappa shape index (κ2) is 7.68. The highest BCUT2D eigenvalue weighted by atomic mass is 35.5. The molecule has 0 saturated carbocycles. The number of ether oxygens (including phenoxy) is 1. The maximum Gasteiger partial charge on any atom is 0.255 e. The van der Waals surface area contributed by atoms with Crippen molar-refractivity contribution in [2.24, 2.45) is 0 Å². The number of hydrogen-bond acceptors (Lipinski definition) is 4. The molecule has 0 atom stereocenters. The molecule has 1 amide bonds. The van der Waals surface area contributed by atoms with Crippen molar-refractivity contribution in [2.45, 2.75) is 20.5 Å². The molecule has 128 valence electrons. The predicted octanol–water partition coefficient (Wildman–Crippen LogP) is 5.24. The van der Waals surface area contributed by atoms with Crippen LogP contribution in [-0.4, -0.2) is 10.9 Å². The number of halogens is 1. The van der Waals surface area contributed by atoms with E-state index in [2.05, 4.69) is 10.3 Å². The van der Waals surface area contributed by atoms with Crippen molar-refractivity contribution in [2.75, 3.05) is 5.32 Å². The van der Waals surface area contributed by atoms with Gasteiger partial charge in [-0.15, -0.1) is 11.3 Å². The van der Waals surface area contributed by atoms with E-state index in [4.69, 9.17) is 16.3 Å². The van der Waals surface area contributed by atoms with Crippen LogP contribution in [0.1, 0.15) is 26.6 Å². The number of rotatable bonds is 5. The fraction of sp³-hybridized carbons (Fsp3) is 0.158. The topological polar surface area (TPSA) is 51.2 Å². The summed E-state index contributed by atoms with van der Waals surface area (Å²) in [4.78, 5) is 16.7. The van der Waals surface area contributed by atoms with Crippen molar-refractivity contribution in [1.82, 2.24) is 4.98 Å². The van der Waals surface area contributed by atoms with E-state index in [1.54, 1.807) is 41.7 Å². The lowest BCUT2D eigenvalue weighted by molar-refractivity contribution is 0.102. The number of amides is 1. The van der Waals surface area contributed by atoms with Gasteiger partial charge in [0.05, 0.1) is 21.4 Å².